The van der Waals surface area contributed by atoms with Crippen LogP contribution < -0.4 is 10.6 Å². The predicted molar refractivity (Wildman–Crippen MR) is 60.8 cm³/mol. The lowest BCUT2D eigenvalue weighted by molar-refractivity contribution is 0.214. The first kappa shape index (κ1) is 12.4. The van der Waals surface area contributed by atoms with Crippen LogP contribution in [0.1, 0.15) is 18.9 Å². The SMILES string of the molecule is CCC(CO)NC(=O)NCc1ccncc1. The molecule has 1 rings (SSSR count). The molecule has 1 atom stereocenters. The minimum atomic E-state index is -0.266. The molecule has 0 aliphatic heterocycles. The molecule has 0 aliphatic carbocycles. The smallest absolute Gasteiger partial charge is 0.315 e. The van der Waals surface area contributed by atoms with E-state index in [4.69, 9.17) is 5.11 Å². The van der Waals surface area contributed by atoms with Crippen molar-refractivity contribution in [3.05, 3.63) is 30.1 Å². The van der Waals surface area contributed by atoms with Gasteiger partial charge in [-0.2, -0.15) is 0 Å². The van der Waals surface area contributed by atoms with Gasteiger partial charge in [-0.25, -0.2) is 4.79 Å². The summed E-state index contributed by atoms with van der Waals surface area (Å²) in [6.07, 6.45) is 4.06. The van der Waals surface area contributed by atoms with E-state index in [1.165, 1.54) is 0 Å². The highest BCUT2D eigenvalue weighted by Crippen LogP contribution is 1.95. The average molecular weight is 223 g/mol. The van der Waals surface area contributed by atoms with E-state index < -0.39 is 0 Å². The van der Waals surface area contributed by atoms with Crippen molar-refractivity contribution in [1.29, 1.82) is 0 Å². The monoisotopic (exact) mass is 223 g/mol. The summed E-state index contributed by atoms with van der Waals surface area (Å²) < 4.78 is 0. The Labute approximate surface area is 94.9 Å². The van der Waals surface area contributed by atoms with Crippen LogP contribution in [0.15, 0.2) is 24.5 Å². The fourth-order valence-electron chi connectivity index (χ4n) is 1.20. The summed E-state index contributed by atoms with van der Waals surface area (Å²) in [7, 11) is 0. The van der Waals surface area contributed by atoms with Crippen LogP contribution in [0, 0.1) is 0 Å². The van der Waals surface area contributed by atoms with Gasteiger partial charge in [-0.1, -0.05) is 6.92 Å². The van der Waals surface area contributed by atoms with Gasteiger partial charge >= 0.3 is 6.03 Å². The molecule has 0 radical (unpaired) electrons. The summed E-state index contributed by atoms with van der Waals surface area (Å²) in [6, 6.07) is 3.22. The van der Waals surface area contributed by atoms with E-state index in [9.17, 15) is 4.79 Å². The maximum atomic E-state index is 11.4. The number of urea groups is 1. The first-order valence-electron chi connectivity index (χ1n) is 5.30. The topological polar surface area (TPSA) is 74.2 Å². The molecule has 16 heavy (non-hydrogen) atoms. The molecule has 0 fully saturated rings. The van der Waals surface area contributed by atoms with Crippen molar-refractivity contribution in [2.75, 3.05) is 6.61 Å². The lowest BCUT2D eigenvalue weighted by Crippen LogP contribution is -2.43. The highest BCUT2D eigenvalue weighted by atomic mass is 16.3. The Morgan fingerprint density at radius 2 is 2.19 bits per heavy atom. The van der Waals surface area contributed by atoms with Gasteiger partial charge in [0.15, 0.2) is 0 Å². The predicted octanol–water partition coefficient (Wildman–Crippen LogP) is 0.652. The van der Waals surface area contributed by atoms with Gasteiger partial charge in [-0.15, -0.1) is 0 Å². The van der Waals surface area contributed by atoms with Gasteiger partial charge in [0.1, 0.15) is 0 Å². The molecular weight excluding hydrogens is 206 g/mol. The van der Waals surface area contributed by atoms with Crippen molar-refractivity contribution >= 4 is 6.03 Å². The maximum Gasteiger partial charge on any atom is 0.315 e. The molecule has 1 aromatic rings. The number of nitrogens with one attached hydrogen (secondary N) is 2. The van der Waals surface area contributed by atoms with Gasteiger partial charge in [0.2, 0.25) is 0 Å². The zero-order chi connectivity index (χ0) is 11.8. The third kappa shape index (κ3) is 4.27. The molecule has 0 saturated carbocycles. The number of nitrogens with zero attached hydrogens (tertiary/aromatic N) is 1. The lowest BCUT2D eigenvalue weighted by atomic mass is 10.2. The number of carbonyl (C=O) groups excluding carboxylic acids is 1. The van der Waals surface area contributed by atoms with E-state index in [1.54, 1.807) is 12.4 Å². The zero-order valence-corrected chi connectivity index (χ0v) is 9.31. The molecule has 3 N–H and O–H groups in total. The standard InChI is InChI=1S/C11H17N3O2/c1-2-10(8-15)14-11(16)13-7-9-3-5-12-6-4-9/h3-6,10,15H,2,7-8H2,1H3,(H2,13,14,16). The highest BCUT2D eigenvalue weighted by Gasteiger charge is 2.07. The number of amides is 2. The summed E-state index contributed by atoms with van der Waals surface area (Å²) >= 11 is 0. The van der Waals surface area contributed by atoms with Crippen molar-refractivity contribution < 1.29 is 9.90 Å². The second kappa shape index (κ2) is 6.79. The van der Waals surface area contributed by atoms with Crippen molar-refractivity contribution in [1.82, 2.24) is 15.6 Å². The number of aliphatic hydroxyl groups is 1. The third-order valence-electron chi connectivity index (χ3n) is 2.25. The summed E-state index contributed by atoms with van der Waals surface area (Å²) in [6.45, 7) is 2.32. The van der Waals surface area contributed by atoms with E-state index in [1.807, 2.05) is 19.1 Å². The first-order valence-corrected chi connectivity index (χ1v) is 5.30. The largest absolute Gasteiger partial charge is 0.394 e. The van der Waals surface area contributed by atoms with Crippen molar-refractivity contribution in [2.45, 2.75) is 25.9 Å². The van der Waals surface area contributed by atoms with Gasteiger partial charge in [0.05, 0.1) is 12.6 Å². The number of hydrogen-bond acceptors (Lipinski definition) is 3. The number of hydrogen-bond donors (Lipinski definition) is 3. The van der Waals surface area contributed by atoms with Crippen molar-refractivity contribution in [3.8, 4) is 0 Å². The first-order chi connectivity index (χ1) is 7.76. The van der Waals surface area contributed by atoms with Crippen molar-refractivity contribution in [3.63, 3.8) is 0 Å². The van der Waals surface area contributed by atoms with Gasteiger partial charge in [0, 0.05) is 18.9 Å². The van der Waals surface area contributed by atoms with E-state index >= 15 is 0 Å². The quantitative estimate of drug-likeness (QED) is 0.686. The van der Waals surface area contributed by atoms with Crippen LogP contribution in [0.2, 0.25) is 0 Å². The minimum Gasteiger partial charge on any atom is -0.394 e. The van der Waals surface area contributed by atoms with Crippen LogP contribution in [-0.2, 0) is 6.54 Å². The zero-order valence-electron chi connectivity index (χ0n) is 9.31. The van der Waals surface area contributed by atoms with Gasteiger partial charge < -0.3 is 15.7 Å². The van der Waals surface area contributed by atoms with Crippen LogP contribution in [0.3, 0.4) is 0 Å². The molecule has 1 unspecified atom stereocenters. The molecule has 5 nitrogen and oxygen atoms in total. The van der Waals surface area contributed by atoms with Gasteiger partial charge in [-0.3, -0.25) is 4.98 Å². The Morgan fingerprint density at radius 1 is 1.50 bits per heavy atom. The molecular formula is C11H17N3O2. The van der Waals surface area contributed by atoms with Crippen LogP contribution in [0.4, 0.5) is 4.79 Å². The fourth-order valence-corrected chi connectivity index (χ4v) is 1.20. The molecule has 5 heteroatoms. The molecule has 88 valence electrons. The fraction of sp³-hybridized carbons (Fsp3) is 0.455. The number of aliphatic hydroxyl groups excluding tert-OH is 1. The lowest BCUT2D eigenvalue weighted by Gasteiger charge is -2.14. The van der Waals surface area contributed by atoms with E-state index in [-0.39, 0.29) is 18.7 Å². The number of rotatable bonds is 5. The Morgan fingerprint density at radius 3 is 2.75 bits per heavy atom. The summed E-state index contributed by atoms with van der Waals surface area (Å²) in [5, 5.41) is 14.3. The van der Waals surface area contributed by atoms with Crippen molar-refractivity contribution in [2.24, 2.45) is 0 Å². The number of pyridine rings is 1. The van der Waals surface area contributed by atoms with Crippen LogP contribution >= 0.6 is 0 Å². The molecule has 2 amide bonds. The molecule has 1 heterocycles. The minimum absolute atomic E-state index is 0.0425. The Hall–Kier alpha value is -1.62. The Bertz CT molecular complexity index is 312. The molecule has 0 aliphatic rings. The summed E-state index contributed by atoms with van der Waals surface area (Å²) in [5.41, 5.74) is 0.988. The Balaban J connectivity index is 2.30. The van der Waals surface area contributed by atoms with Crippen LogP contribution in [-0.4, -0.2) is 28.8 Å². The van der Waals surface area contributed by atoms with E-state index in [0.29, 0.717) is 13.0 Å². The molecule has 1 aromatic heterocycles. The second-order valence-electron chi connectivity index (χ2n) is 3.47. The average Bonchev–Trinajstić information content (AvgIpc) is 2.34. The van der Waals surface area contributed by atoms with Gasteiger partial charge in [-0.05, 0) is 24.1 Å². The third-order valence-corrected chi connectivity index (χ3v) is 2.25. The van der Waals surface area contributed by atoms with E-state index in [0.717, 1.165) is 5.56 Å². The highest BCUT2D eigenvalue weighted by molar-refractivity contribution is 5.74. The van der Waals surface area contributed by atoms with Gasteiger partial charge in [0.25, 0.3) is 0 Å². The Kier molecular flexibility index (Phi) is 5.28. The molecule has 0 saturated heterocycles. The molecule has 0 bridgehead atoms. The molecule has 0 aromatic carbocycles. The van der Waals surface area contributed by atoms with E-state index in [2.05, 4.69) is 15.6 Å². The maximum absolute atomic E-state index is 11.4. The number of aromatic nitrogens is 1. The summed E-state index contributed by atoms with van der Waals surface area (Å²) in [5.74, 6) is 0. The normalized spacial score (nSPS) is 11.9. The summed E-state index contributed by atoms with van der Waals surface area (Å²) in [4.78, 5) is 15.3. The number of carbonyl (C=O) groups is 1. The van der Waals surface area contributed by atoms with Crippen LogP contribution in [0.25, 0.3) is 0 Å². The second-order valence-corrected chi connectivity index (χ2v) is 3.47. The van der Waals surface area contributed by atoms with Crippen LogP contribution in [0.5, 0.6) is 0 Å². The molecule has 0 spiro atoms.